The van der Waals surface area contributed by atoms with E-state index in [9.17, 15) is 20.4 Å². The van der Waals surface area contributed by atoms with E-state index in [1.807, 2.05) is 24.3 Å². The van der Waals surface area contributed by atoms with Crippen molar-refractivity contribution in [1.82, 2.24) is 0 Å². The van der Waals surface area contributed by atoms with Gasteiger partial charge in [0.05, 0.1) is 53.4 Å². The first-order valence-electron chi connectivity index (χ1n) is 12.5. The fourth-order valence-electron chi connectivity index (χ4n) is 5.51. The van der Waals surface area contributed by atoms with Crippen LogP contribution in [-0.2, 0) is 14.2 Å². The van der Waals surface area contributed by atoms with Gasteiger partial charge in [-0.2, -0.15) is 0 Å². The van der Waals surface area contributed by atoms with E-state index < -0.39 is 37.3 Å². The van der Waals surface area contributed by atoms with Crippen LogP contribution in [0.5, 0.6) is 23.0 Å². The highest BCUT2D eigenvalue weighted by molar-refractivity contribution is 5.45. The molecule has 0 amide bonds. The third kappa shape index (κ3) is 4.79. The second kappa shape index (κ2) is 11.2. The van der Waals surface area contributed by atoms with Gasteiger partial charge in [-0.3, -0.25) is 0 Å². The first-order chi connectivity index (χ1) is 18.4. The summed E-state index contributed by atoms with van der Waals surface area (Å²) in [6.07, 6.45) is -7.29. The van der Waals surface area contributed by atoms with Gasteiger partial charge in [-0.15, -0.1) is 0 Å². The molecule has 208 valence electrons. The summed E-state index contributed by atoms with van der Waals surface area (Å²) < 4.78 is 40.1. The first kappa shape index (κ1) is 26.9. The molecule has 2 aromatic rings. The molecule has 0 unspecified atom stereocenters. The highest BCUT2D eigenvalue weighted by Crippen LogP contribution is 2.51. The number of rotatable bonds is 8. The average Bonchev–Trinajstić information content (AvgIpc) is 3.55. The van der Waals surface area contributed by atoms with Crippen molar-refractivity contribution in [3.05, 3.63) is 47.5 Å². The highest BCUT2D eigenvalue weighted by atomic mass is 16.7. The lowest BCUT2D eigenvalue weighted by atomic mass is 9.85. The minimum absolute atomic E-state index is 0.120. The van der Waals surface area contributed by atoms with Crippen LogP contribution in [0.4, 0.5) is 0 Å². The van der Waals surface area contributed by atoms with Gasteiger partial charge in [0.1, 0.15) is 24.4 Å². The molecule has 0 bridgehead atoms. The molecule has 3 aliphatic rings. The summed E-state index contributed by atoms with van der Waals surface area (Å²) in [4.78, 5) is 0. The third-order valence-corrected chi connectivity index (χ3v) is 7.61. The second-order valence-corrected chi connectivity index (χ2v) is 9.68. The van der Waals surface area contributed by atoms with E-state index in [1.54, 1.807) is 26.4 Å². The van der Waals surface area contributed by atoms with Gasteiger partial charge in [-0.25, -0.2) is 0 Å². The van der Waals surface area contributed by atoms with E-state index in [-0.39, 0.29) is 29.8 Å². The summed E-state index contributed by atoms with van der Waals surface area (Å²) in [5, 5.41) is 39.8. The van der Waals surface area contributed by atoms with Gasteiger partial charge in [0.15, 0.2) is 23.0 Å². The van der Waals surface area contributed by atoms with Crippen LogP contribution in [0.3, 0.4) is 0 Å². The number of methoxy groups -OCH3 is 3. The fourth-order valence-corrected chi connectivity index (χ4v) is 5.51. The van der Waals surface area contributed by atoms with Gasteiger partial charge in [-0.05, 0) is 35.4 Å². The maximum Gasteiger partial charge on any atom is 0.229 e. The van der Waals surface area contributed by atoms with Gasteiger partial charge in [0.25, 0.3) is 0 Å². The van der Waals surface area contributed by atoms with E-state index in [0.717, 1.165) is 11.1 Å². The molecule has 5 rings (SSSR count). The fraction of sp³-hybridized carbons (Fsp3) is 0.556. The predicted molar refractivity (Wildman–Crippen MR) is 131 cm³/mol. The van der Waals surface area contributed by atoms with Crippen molar-refractivity contribution < 1.29 is 53.6 Å². The lowest BCUT2D eigenvalue weighted by Gasteiger charge is -2.39. The molecule has 0 saturated carbocycles. The molecule has 3 heterocycles. The number of fused-ring (bicyclic) bond motifs is 1. The lowest BCUT2D eigenvalue weighted by molar-refractivity contribution is -0.277. The standard InChI is InChI=1S/C27H34O11/c1-32-17-6-4-13(8-19(17)33-2)25-15-11-36-26(16(15)12-35-25)14-5-7-18(20(9-14)34-3)37-27-24(31)23(30)22(29)21(10-28)38-27/h4-9,15-16,21-31H,10-12H2,1-3H3/t15-,16+,21-,22-,23-,24-,25-,26+,27+/m1/s1. The smallest absolute Gasteiger partial charge is 0.229 e. The molecule has 0 aliphatic carbocycles. The van der Waals surface area contributed by atoms with Crippen LogP contribution in [0, 0.1) is 11.8 Å². The third-order valence-electron chi connectivity index (χ3n) is 7.61. The molecular formula is C27H34O11. The Hall–Kier alpha value is -2.64. The van der Waals surface area contributed by atoms with Crippen LogP contribution in [-0.4, -0.2) is 92.3 Å². The van der Waals surface area contributed by atoms with E-state index in [2.05, 4.69) is 0 Å². The molecule has 0 spiro atoms. The number of hydrogen-bond acceptors (Lipinski definition) is 11. The summed E-state index contributed by atoms with van der Waals surface area (Å²) in [7, 11) is 4.69. The Morgan fingerprint density at radius 1 is 0.711 bits per heavy atom. The van der Waals surface area contributed by atoms with Gasteiger partial charge in [0, 0.05) is 11.8 Å². The van der Waals surface area contributed by atoms with Crippen LogP contribution in [0.25, 0.3) is 0 Å². The molecule has 3 aliphatic heterocycles. The van der Waals surface area contributed by atoms with Crippen molar-refractivity contribution in [1.29, 1.82) is 0 Å². The number of aliphatic hydroxyl groups is 4. The van der Waals surface area contributed by atoms with E-state index in [4.69, 9.17) is 33.2 Å². The Morgan fingerprint density at radius 2 is 1.24 bits per heavy atom. The first-order valence-corrected chi connectivity index (χ1v) is 12.5. The zero-order chi connectivity index (χ0) is 27.0. The minimum atomic E-state index is -1.54. The number of aliphatic hydroxyl groups excluding tert-OH is 4. The maximum absolute atomic E-state index is 10.3. The lowest BCUT2D eigenvalue weighted by Crippen LogP contribution is -2.60. The molecule has 11 nitrogen and oxygen atoms in total. The summed E-state index contributed by atoms with van der Waals surface area (Å²) in [6.45, 7) is 0.508. The Kier molecular flexibility index (Phi) is 7.96. The number of ether oxygens (including phenoxy) is 7. The number of hydrogen-bond donors (Lipinski definition) is 4. The molecule has 0 radical (unpaired) electrons. The van der Waals surface area contributed by atoms with Crippen molar-refractivity contribution in [2.75, 3.05) is 41.2 Å². The summed E-state index contributed by atoms with van der Waals surface area (Å²) in [5.41, 5.74) is 1.88. The summed E-state index contributed by atoms with van der Waals surface area (Å²) >= 11 is 0. The Balaban J connectivity index is 1.31. The monoisotopic (exact) mass is 534 g/mol. The molecular weight excluding hydrogens is 500 g/mol. The maximum atomic E-state index is 10.3. The van der Waals surface area contributed by atoms with Crippen LogP contribution in [0.1, 0.15) is 23.3 Å². The molecule has 11 heteroatoms. The van der Waals surface area contributed by atoms with Gasteiger partial charge < -0.3 is 53.6 Å². The SMILES string of the molecule is COc1ccc([C@H]2OC[C@H]3[C@H]2CO[C@H]3c2ccc(O[C@H]3O[C@H](CO)[C@@H](O)[C@@H](O)[C@H]3O)c(OC)c2)cc1OC. The molecule has 38 heavy (non-hydrogen) atoms. The van der Waals surface area contributed by atoms with E-state index >= 15 is 0 Å². The molecule has 9 atom stereocenters. The van der Waals surface area contributed by atoms with Crippen LogP contribution in [0.15, 0.2) is 36.4 Å². The van der Waals surface area contributed by atoms with Crippen molar-refractivity contribution in [2.24, 2.45) is 11.8 Å². The van der Waals surface area contributed by atoms with Gasteiger partial charge in [-0.1, -0.05) is 12.1 Å². The van der Waals surface area contributed by atoms with Crippen molar-refractivity contribution in [3.63, 3.8) is 0 Å². The summed E-state index contributed by atoms with van der Waals surface area (Å²) in [5.74, 6) is 2.21. The quantitative estimate of drug-likeness (QED) is 0.384. The average molecular weight is 535 g/mol. The van der Waals surface area contributed by atoms with Crippen molar-refractivity contribution >= 4 is 0 Å². The van der Waals surface area contributed by atoms with Crippen molar-refractivity contribution in [3.8, 4) is 23.0 Å². The van der Waals surface area contributed by atoms with Crippen LogP contribution >= 0.6 is 0 Å². The Morgan fingerprint density at radius 3 is 1.76 bits per heavy atom. The Bertz CT molecular complexity index is 1110. The zero-order valence-corrected chi connectivity index (χ0v) is 21.4. The normalized spacial score (nSPS) is 34.6. The van der Waals surface area contributed by atoms with Crippen LogP contribution < -0.4 is 18.9 Å². The molecule has 3 saturated heterocycles. The molecule has 4 N–H and O–H groups in total. The topological polar surface area (TPSA) is 146 Å². The summed E-state index contributed by atoms with van der Waals surface area (Å²) in [6, 6.07) is 11.1. The van der Waals surface area contributed by atoms with E-state index in [0.29, 0.717) is 30.5 Å². The van der Waals surface area contributed by atoms with Crippen LogP contribution in [0.2, 0.25) is 0 Å². The number of benzene rings is 2. The second-order valence-electron chi connectivity index (χ2n) is 9.68. The zero-order valence-electron chi connectivity index (χ0n) is 21.4. The predicted octanol–water partition coefficient (Wildman–Crippen LogP) is 0.966. The van der Waals surface area contributed by atoms with Gasteiger partial charge >= 0.3 is 0 Å². The highest BCUT2D eigenvalue weighted by Gasteiger charge is 2.49. The van der Waals surface area contributed by atoms with Gasteiger partial charge in [0.2, 0.25) is 6.29 Å². The van der Waals surface area contributed by atoms with Crippen molar-refractivity contribution in [2.45, 2.75) is 42.9 Å². The molecule has 2 aromatic carbocycles. The van der Waals surface area contributed by atoms with E-state index in [1.165, 1.54) is 7.11 Å². The Labute approximate surface area is 220 Å². The molecule has 3 fully saturated rings. The molecule has 0 aromatic heterocycles. The largest absolute Gasteiger partial charge is 0.493 e. The minimum Gasteiger partial charge on any atom is -0.493 e.